The molecule has 1 aliphatic rings. The number of carbonyl (C=O) groups is 1. The van der Waals surface area contributed by atoms with Gasteiger partial charge in [-0.05, 0) is 44.4 Å². The zero-order chi connectivity index (χ0) is 14.5. The maximum absolute atomic E-state index is 13.8. The third-order valence-corrected chi connectivity index (χ3v) is 3.45. The fourth-order valence-electron chi connectivity index (χ4n) is 2.31. The highest BCUT2D eigenvalue weighted by molar-refractivity contribution is 5.78. The number of para-hydroxylation sites is 1. The maximum atomic E-state index is 13.8. The van der Waals surface area contributed by atoms with Gasteiger partial charge in [0.05, 0.1) is 0 Å². The van der Waals surface area contributed by atoms with Gasteiger partial charge in [-0.3, -0.25) is 4.79 Å². The lowest BCUT2D eigenvalue weighted by Gasteiger charge is -2.21. The lowest BCUT2D eigenvalue weighted by atomic mass is 10.1. The summed E-state index contributed by atoms with van der Waals surface area (Å²) in [7, 11) is 0. The molecule has 2 N–H and O–H groups in total. The van der Waals surface area contributed by atoms with E-state index in [1.165, 1.54) is 6.07 Å². The van der Waals surface area contributed by atoms with Gasteiger partial charge in [-0.15, -0.1) is 0 Å². The fraction of sp³-hybridized carbons (Fsp3) is 0.533. The van der Waals surface area contributed by atoms with Gasteiger partial charge >= 0.3 is 0 Å². The minimum atomic E-state index is -0.446. The highest BCUT2D eigenvalue weighted by Gasteiger charge is 2.31. The third-order valence-electron chi connectivity index (χ3n) is 3.45. The topological polar surface area (TPSA) is 55.6 Å². The van der Waals surface area contributed by atoms with Gasteiger partial charge in [-0.25, -0.2) is 4.39 Å². The van der Waals surface area contributed by atoms with Crippen LogP contribution >= 0.6 is 0 Å². The van der Waals surface area contributed by atoms with Gasteiger partial charge in [0.1, 0.15) is 0 Å². The van der Waals surface area contributed by atoms with E-state index in [9.17, 15) is 9.18 Å². The first-order valence-electron chi connectivity index (χ1n) is 7.07. The van der Waals surface area contributed by atoms with Crippen molar-refractivity contribution in [3.05, 3.63) is 29.6 Å². The zero-order valence-electron chi connectivity index (χ0n) is 11.8. The Kier molecular flexibility index (Phi) is 4.95. The predicted octanol–water partition coefficient (Wildman–Crippen LogP) is 1.72. The SMILES string of the molecule is CCN(C(=O)COc1c(F)cccc1CCN)C1CC1. The normalized spacial score (nSPS) is 14.2. The summed E-state index contributed by atoms with van der Waals surface area (Å²) in [6.45, 7) is 2.90. The molecule has 1 aliphatic carbocycles. The van der Waals surface area contributed by atoms with Crippen molar-refractivity contribution in [1.29, 1.82) is 0 Å². The van der Waals surface area contributed by atoms with Crippen LogP contribution in [-0.2, 0) is 11.2 Å². The highest BCUT2D eigenvalue weighted by Crippen LogP contribution is 2.27. The van der Waals surface area contributed by atoms with E-state index in [0.29, 0.717) is 31.1 Å². The van der Waals surface area contributed by atoms with E-state index in [2.05, 4.69) is 0 Å². The molecule has 0 aromatic heterocycles. The number of nitrogens with zero attached hydrogens (tertiary/aromatic N) is 1. The van der Waals surface area contributed by atoms with E-state index in [1.807, 2.05) is 6.92 Å². The maximum Gasteiger partial charge on any atom is 0.260 e. The second-order valence-corrected chi connectivity index (χ2v) is 4.97. The Labute approximate surface area is 118 Å². The van der Waals surface area contributed by atoms with Crippen molar-refractivity contribution in [3.8, 4) is 5.75 Å². The minimum absolute atomic E-state index is 0.0862. The molecule has 0 bridgehead atoms. The molecular formula is C15H21FN2O2. The second-order valence-electron chi connectivity index (χ2n) is 4.97. The van der Waals surface area contributed by atoms with Crippen LogP contribution in [-0.4, -0.2) is 36.5 Å². The molecule has 1 fully saturated rings. The monoisotopic (exact) mass is 280 g/mol. The Bertz CT molecular complexity index is 475. The first kappa shape index (κ1) is 14.8. The van der Waals surface area contributed by atoms with Gasteiger partial charge in [0, 0.05) is 12.6 Å². The van der Waals surface area contributed by atoms with Crippen molar-refractivity contribution in [2.45, 2.75) is 32.2 Å². The number of benzene rings is 1. The van der Waals surface area contributed by atoms with Gasteiger partial charge in [-0.2, -0.15) is 0 Å². The van der Waals surface area contributed by atoms with Crippen LogP contribution in [0.15, 0.2) is 18.2 Å². The summed E-state index contributed by atoms with van der Waals surface area (Å²) in [6.07, 6.45) is 2.64. The Morgan fingerprint density at radius 1 is 1.50 bits per heavy atom. The lowest BCUT2D eigenvalue weighted by Crippen LogP contribution is -2.36. The Morgan fingerprint density at radius 3 is 2.85 bits per heavy atom. The molecule has 0 heterocycles. The first-order valence-corrected chi connectivity index (χ1v) is 7.07. The summed E-state index contributed by atoms with van der Waals surface area (Å²) in [4.78, 5) is 13.9. The van der Waals surface area contributed by atoms with Gasteiger partial charge in [0.2, 0.25) is 0 Å². The Morgan fingerprint density at radius 2 is 2.25 bits per heavy atom. The molecular weight excluding hydrogens is 259 g/mol. The Balaban J connectivity index is 2.00. The van der Waals surface area contributed by atoms with Crippen LogP contribution in [0.2, 0.25) is 0 Å². The van der Waals surface area contributed by atoms with Crippen LogP contribution in [0.4, 0.5) is 4.39 Å². The number of hydrogen-bond acceptors (Lipinski definition) is 3. The molecule has 1 aromatic carbocycles. The molecule has 5 heteroatoms. The van der Waals surface area contributed by atoms with Crippen molar-refractivity contribution in [1.82, 2.24) is 4.90 Å². The number of likely N-dealkylation sites (N-methyl/N-ethyl adjacent to an activating group) is 1. The van der Waals surface area contributed by atoms with E-state index in [4.69, 9.17) is 10.5 Å². The molecule has 0 unspecified atom stereocenters. The number of ether oxygens (including phenoxy) is 1. The van der Waals surface area contributed by atoms with Crippen LogP contribution in [0.25, 0.3) is 0 Å². The van der Waals surface area contributed by atoms with Crippen LogP contribution < -0.4 is 10.5 Å². The van der Waals surface area contributed by atoms with Crippen molar-refractivity contribution >= 4 is 5.91 Å². The summed E-state index contributed by atoms with van der Waals surface area (Å²) < 4.78 is 19.2. The summed E-state index contributed by atoms with van der Waals surface area (Å²) in [5, 5.41) is 0. The molecule has 0 radical (unpaired) electrons. The van der Waals surface area contributed by atoms with Crippen LogP contribution in [0, 0.1) is 5.82 Å². The third kappa shape index (κ3) is 3.48. The van der Waals surface area contributed by atoms with Gasteiger partial charge in [0.15, 0.2) is 18.2 Å². The van der Waals surface area contributed by atoms with E-state index >= 15 is 0 Å². The number of halogens is 1. The first-order chi connectivity index (χ1) is 9.67. The van der Waals surface area contributed by atoms with Crippen molar-refractivity contribution in [2.75, 3.05) is 19.7 Å². The van der Waals surface area contributed by atoms with Crippen molar-refractivity contribution < 1.29 is 13.9 Å². The van der Waals surface area contributed by atoms with E-state index in [0.717, 1.165) is 12.8 Å². The predicted molar refractivity (Wildman–Crippen MR) is 75.1 cm³/mol. The van der Waals surface area contributed by atoms with Crippen molar-refractivity contribution in [2.24, 2.45) is 5.73 Å². The molecule has 0 aliphatic heterocycles. The zero-order valence-corrected chi connectivity index (χ0v) is 11.8. The average molecular weight is 280 g/mol. The summed E-state index contributed by atoms with van der Waals surface area (Å²) in [5.74, 6) is -0.381. The van der Waals surface area contributed by atoms with Gasteiger partial charge in [-0.1, -0.05) is 12.1 Å². The van der Waals surface area contributed by atoms with E-state index in [-0.39, 0.29) is 18.3 Å². The molecule has 1 amide bonds. The highest BCUT2D eigenvalue weighted by atomic mass is 19.1. The van der Waals surface area contributed by atoms with Gasteiger partial charge < -0.3 is 15.4 Å². The standard InChI is InChI=1S/C15H21FN2O2/c1-2-18(12-6-7-12)14(19)10-20-15-11(8-9-17)4-3-5-13(15)16/h3-5,12H,2,6-10,17H2,1H3. The molecule has 110 valence electrons. The molecule has 0 saturated heterocycles. The van der Waals surface area contributed by atoms with Crippen LogP contribution in [0.1, 0.15) is 25.3 Å². The second kappa shape index (κ2) is 6.70. The van der Waals surface area contributed by atoms with Gasteiger partial charge in [0.25, 0.3) is 5.91 Å². The number of amides is 1. The summed E-state index contributed by atoms with van der Waals surface area (Å²) in [6, 6.07) is 5.07. The van der Waals surface area contributed by atoms with Crippen LogP contribution in [0.3, 0.4) is 0 Å². The van der Waals surface area contributed by atoms with Crippen molar-refractivity contribution in [3.63, 3.8) is 0 Å². The number of nitrogens with two attached hydrogens (primary N) is 1. The smallest absolute Gasteiger partial charge is 0.260 e. The van der Waals surface area contributed by atoms with E-state index in [1.54, 1.807) is 17.0 Å². The molecule has 0 atom stereocenters. The average Bonchev–Trinajstić information content (AvgIpc) is 3.24. The molecule has 0 spiro atoms. The number of rotatable bonds is 7. The number of carbonyl (C=O) groups excluding carboxylic acids is 1. The number of hydrogen-bond donors (Lipinski definition) is 1. The summed E-state index contributed by atoms with van der Waals surface area (Å²) >= 11 is 0. The molecule has 1 aromatic rings. The quantitative estimate of drug-likeness (QED) is 0.827. The molecule has 20 heavy (non-hydrogen) atoms. The van der Waals surface area contributed by atoms with E-state index < -0.39 is 5.82 Å². The summed E-state index contributed by atoms with van der Waals surface area (Å²) in [5.41, 5.74) is 6.20. The molecule has 4 nitrogen and oxygen atoms in total. The molecule has 1 saturated carbocycles. The largest absolute Gasteiger partial charge is 0.480 e. The van der Waals surface area contributed by atoms with Crippen LogP contribution in [0.5, 0.6) is 5.75 Å². The fourth-order valence-corrected chi connectivity index (χ4v) is 2.31. The lowest BCUT2D eigenvalue weighted by molar-refractivity contribution is -0.133. The molecule has 2 rings (SSSR count). The minimum Gasteiger partial charge on any atom is -0.480 e. The Hall–Kier alpha value is -1.62.